The van der Waals surface area contributed by atoms with Crippen molar-refractivity contribution in [2.75, 3.05) is 26.0 Å². The van der Waals surface area contributed by atoms with Crippen LogP contribution < -0.4 is 11.1 Å². The molecule has 0 heterocycles. The van der Waals surface area contributed by atoms with Gasteiger partial charge in [0.2, 0.25) is 5.78 Å². The van der Waals surface area contributed by atoms with E-state index in [0.717, 1.165) is 0 Å². The van der Waals surface area contributed by atoms with Crippen molar-refractivity contribution in [3.8, 4) is 18.1 Å². The number of Topliss-reactive ketones (excluding diaryl/α,β-unsaturated/α-hetero) is 2. The van der Waals surface area contributed by atoms with Gasteiger partial charge in [0.05, 0.1) is 17.3 Å². The molecule has 12 heteroatoms. The van der Waals surface area contributed by atoms with Gasteiger partial charge in [0.15, 0.2) is 23.7 Å². The van der Waals surface area contributed by atoms with Crippen molar-refractivity contribution in [3.05, 3.63) is 45.9 Å². The number of allylic oxidation sites excluding steroid dienone is 1. The number of aromatic hydroxyl groups is 1. The lowest BCUT2D eigenvalue weighted by Crippen LogP contribution is -2.63. The Hall–Kier alpha value is -4.34. The number of phenolic OH excluding ortho intramolecular Hbond substituents is 1. The van der Waals surface area contributed by atoms with Crippen molar-refractivity contribution in [1.29, 1.82) is 0 Å². The first-order chi connectivity index (χ1) is 17.4. The summed E-state index contributed by atoms with van der Waals surface area (Å²) in [5.74, 6) is -5.40. The molecule has 0 aromatic heterocycles. The van der Waals surface area contributed by atoms with Gasteiger partial charge in [0.1, 0.15) is 17.1 Å². The second kappa shape index (κ2) is 8.95. The second-order valence-corrected chi connectivity index (χ2v) is 9.36. The normalized spacial score (nSPS) is 26.7. The van der Waals surface area contributed by atoms with Crippen LogP contribution in [-0.4, -0.2) is 81.2 Å². The third-order valence-corrected chi connectivity index (χ3v) is 7.12. The number of benzene rings is 1. The Kier molecular flexibility index (Phi) is 6.23. The molecule has 4 atom stereocenters. The molecular weight excluding hydrogens is 486 g/mol. The van der Waals surface area contributed by atoms with E-state index in [1.807, 2.05) is 0 Å². The van der Waals surface area contributed by atoms with Gasteiger partial charge in [-0.2, -0.15) is 0 Å². The molecule has 12 nitrogen and oxygen atoms in total. The number of nitrogens with two attached hydrogens (primary N) is 1. The van der Waals surface area contributed by atoms with Gasteiger partial charge in [-0.3, -0.25) is 24.6 Å². The zero-order valence-corrected chi connectivity index (χ0v) is 19.9. The Bertz CT molecular complexity index is 1350. The average Bonchev–Trinajstić information content (AvgIpc) is 2.81. The zero-order valence-electron chi connectivity index (χ0n) is 19.9. The number of nitrogens with zero attached hydrogens (tertiary/aromatic N) is 1. The van der Waals surface area contributed by atoms with Crippen LogP contribution in [0.25, 0.3) is 0 Å². The first-order valence-corrected chi connectivity index (χ1v) is 11.2. The highest BCUT2D eigenvalue weighted by Crippen LogP contribution is 2.52. The summed E-state index contributed by atoms with van der Waals surface area (Å²) in [7, 11) is 3.10. The van der Waals surface area contributed by atoms with Crippen LogP contribution in [0.4, 0.5) is 10.5 Å². The zero-order chi connectivity index (χ0) is 27.4. The number of likely N-dealkylation sites (N-methyl/N-ethyl adjacent to an activating group) is 1. The molecule has 0 bridgehead atoms. The first-order valence-electron chi connectivity index (χ1n) is 11.2. The number of primary amides is 1. The van der Waals surface area contributed by atoms with Crippen LogP contribution in [0, 0.1) is 24.2 Å². The number of hydrogen-bond acceptors (Lipinski definition) is 10. The minimum atomic E-state index is -2.73. The van der Waals surface area contributed by atoms with Gasteiger partial charge < -0.3 is 30.9 Å². The van der Waals surface area contributed by atoms with Crippen molar-refractivity contribution < 1.29 is 44.3 Å². The summed E-state index contributed by atoms with van der Waals surface area (Å²) >= 11 is 0. The Morgan fingerprint density at radius 1 is 1.27 bits per heavy atom. The Labute approximate surface area is 211 Å². The fraction of sp³-hybridized carbons (Fsp3) is 0.360. The van der Waals surface area contributed by atoms with E-state index >= 15 is 0 Å². The van der Waals surface area contributed by atoms with Crippen LogP contribution in [0.1, 0.15) is 22.3 Å². The summed E-state index contributed by atoms with van der Waals surface area (Å²) in [4.78, 5) is 52.2. The molecule has 7 N–H and O–H groups in total. The van der Waals surface area contributed by atoms with Crippen molar-refractivity contribution >= 4 is 29.3 Å². The van der Waals surface area contributed by atoms with E-state index in [0.29, 0.717) is 5.56 Å². The topological polar surface area (TPSA) is 200 Å². The number of carbonyl (C=O) groups excluding carboxylic acids is 4. The van der Waals surface area contributed by atoms with Crippen molar-refractivity contribution in [3.63, 3.8) is 0 Å². The number of carbonyl (C=O) groups is 4. The number of fused-ring (bicyclic) bond motifs is 3. The second-order valence-electron chi connectivity index (χ2n) is 9.36. The molecule has 0 saturated heterocycles. The van der Waals surface area contributed by atoms with Crippen LogP contribution in [0.15, 0.2) is 34.8 Å². The molecule has 4 rings (SSSR count). The number of amides is 2. The van der Waals surface area contributed by atoms with Crippen LogP contribution in [-0.2, 0) is 20.7 Å². The SMILES string of the molecule is C#CCOC(=O)Nc1ccc2c(c1O)C(=O)C1=C(O)C3(O)C(=O)C(C(N)=O)=C(O)C(N(C)C)C3CC1C2. The van der Waals surface area contributed by atoms with E-state index in [1.165, 1.54) is 17.0 Å². The molecule has 0 radical (unpaired) electrons. The average molecular weight is 511 g/mol. The minimum absolute atomic E-state index is 0.0229. The number of nitrogens with one attached hydrogen (secondary N) is 1. The highest BCUT2D eigenvalue weighted by Gasteiger charge is 2.63. The molecule has 0 saturated carbocycles. The number of aliphatic hydroxyl groups is 3. The quantitative estimate of drug-likeness (QED) is 0.186. The molecule has 37 heavy (non-hydrogen) atoms. The van der Waals surface area contributed by atoms with Crippen LogP contribution >= 0.6 is 0 Å². The van der Waals surface area contributed by atoms with E-state index in [2.05, 4.69) is 11.2 Å². The maximum atomic E-state index is 13.6. The molecule has 0 fully saturated rings. The number of ketones is 2. The van der Waals surface area contributed by atoms with Crippen LogP contribution in [0.3, 0.4) is 0 Å². The van der Waals surface area contributed by atoms with E-state index in [1.54, 1.807) is 14.1 Å². The van der Waals surface area contributed by atoms with E-state index in [4.69, 9.17) is 16.9 Å². The van der Waals surface area contributed by atoms with Gasteiger partial charge in [-0.15, -0.1) is 6.42 Å². The van der Waals surface area contributed by atoms with Crippen molar-refractivity contribution in [1.82, 2.24) is 4.90 Å². The smallest absolute Gasteiger partial charge is 0.412 e. The number of rotatable bonds is 4. The molecule has 0 aliphatic heterocycles. The number of hydrogen-bond donors (Lipinski definition) is 6. The van der Waals surface area contributed by atoms with Gasteiger partial charge in [-0.05, 0) is 44.5 Å². The van der Waals surface area contributed by atoms with Crippen LogP contribution in [0.5, 0.6) is 5.75 Å². The number of aliphatic hydroxyl groups excluding tert-OH is 2. The summed E-state index contributed by atoms with van der Waals surface area (Å²) in [5, 5.41) is 46.6. The number of ether oxygens (including phenoxy) is 1. The van der Waals surface area contributed by atoms with E-state index in [9.17, 15) is 39.6 Å². The molecule has 4 unspecified atom stereocenters. The molecule has 3 aliphatic carbocycles. The maximum absolute atomic E-state index is 13.6. The predicted molar refractivity (Wildman–Crippen MR) is 127 cm³/mol. The molecule has 3 aliphatic rings. The van der Waals surface area contributed by atoms with Gasteiger partial charge in [-0.25, -0.2) is 4.79 Å². The van der Waals surface area contributed by atoms with Gasteiger partial charge in [-0.1, -0.05) is 12.0 Å². The monoisotopic (exact) mass is 511 g/mol. The van der Waals surface area contributed by atoms with Crippen molar-refractivity contribution in [2.45, 2.75) is 24.5 Å². The lowest BCUT2D eigenvalue weighted by Gasteiger charge is -2.50. The summed E-state index contributed by atoms with van der Waals surface area (Å²) < 4.78 is 4.71. The summed E-state index contributed by atoms with van der Waals surface area (Å²) in [5.41, 5.74) is 1.39. The predicted octanol–water partition coefficient (Wildman–Crippen LogP) is 0.302. The third kappa shape index (κ3) is 3.71. The Morgan fingerprint density at radius 3 is 2.54 bits per heavy atom. The van der Waals surface area contributed by atoms with Gasteiger partial charge in [0, 0.05) is 11.5 Å². The third-order valence-electron chi connectivity index (χ3n) is 7.12. The largest absolute Gasteiger partial charge is 0.510 e. The number of anilines is 1. The molecular formula is C25H25N3O9. The lowest BCUT2D eigenvalue weighted by atomic mass is 9.58. The summed E-state index contributed by atoms with van der Waals surface area (Å²) in [6.07, 6.45) is 4.18. The standard InChI is InChI=1S/C25H25N3O9/c1-4-7-37-24(35)27-13-6-5-10-8-11-9-12-17(28(2)3)20(31)16(23(26)34)22(33)25(12,36)21(32)15(11)19(30)14(10)18(13)29/h1,5-6,11-12,17,29,31-32,36H,7-9H2,2-3H3,(H2,26,34)(H,27,35). The molecule has 194 valence electrons. The molecule has 1 aromatic carbocycles. The highest BCUT2D eigenvalue weighted by atomic mass is 16.5. The van der Waals surface area contributed by atoms with Gasteiger partial charge in [0.25, 0.3) is 5.91 Å². The van der Waals surface area contributed by atoms with E-state index < -0.39 is 69.9 Å². The number of phenols is 1. The maximum Gasteiger partial charge on any atom is 0.412 e. The van der Waals surface area contributed by atoms with Crippen molar-refractivity contribution in [2.24, 2.45) is 17.6 Å². The summed E-state index contributed by atoms with van der Waals surface area (Å²) in [6.45, 7) is -0.322. The minimum Gasteiger partial charge on any atom is -0.510 e. The fourth-order valence-corrected chi connectivity index (χ4v) is 5.58. The summed E-state index contributed by atoms with van der Waals surface area (Å²) in [6, 6.07) is 1.81. The molecule has 0 spiro atoms. The van der Waals surface area contributed by atoms with Gasteiger partial charge >= 0.3 is 6.09 Å². The van der Waals surface area contributed by atoms with Crippen LogP contribution in [0.2, 0.25) is 0 Å². The Morgan fingerprint density at radius 2 is 1.95 bits per heavy atom. The highest BCUT2D eigenvalue weighted by molar-refractivity contribution is 6.25. The molecule has 2 amide bonds. The first kappa shape index (κ1) is 25.7. The molecule has 1 aromatic rings. The fourth-order valence-electron chi connectivity index (χ4n) is 5.58. The van der Waals surface area contributed by atoms with E-state index in [-0.39, 0.29) is 36.3 Å². The Balaban J connectivity index is 1.84. The lowest BCUT2D eigenvalue weighted by molar-refractivity contribution is -0.148. The number of terminal acetylenes is 1.